The first-order valence-electron chi connectivity index (χ1n) is 10.4. The average Bonchev–Trinajstić information content (AvgIpc) is 2.78. The molecule has 1 aliphatic rings. The van der Waals surface area contributed by atoms with Gasteiger partial charge in [0.05, 0.1) is 43.1 Å². The van der Waals surface area contributed by atoms with Gasteiger partial charge >= 0.3 is 5.97 Å². The van der Waals surface area contributed by atoms with Crippen LogP contribution in [0.4, 0.5) is 5.69 Å². The van der Waals surface area contributed by atoms with Gasteiger partial charge in [0.2, 0.25) is 0 Å². The number of hydrogen-bond donors (Lipinski definition) is 5. The molecular weight excluding hydrogens is 530 g/mol. The van der Waals surface area contributed by atoms with Gasteiger partial charge in [0, 0.05) is 34.6 Å². The summed E-state index contributed by atoms with van der Waals surface area (Å²) in [5, 5.41) is 27.6. The van der Waals surface area contributed by atoms with Crippen LogP contribution in [0.3, 0.4) is 0 Å². The van der Waals surface area contributed by atoms with Crippen LogP contribution in [0.1, 0.15) is 34.7 Å². The number of hydrogen-bond acceptors (Lipinski definition) is 8. The van der Waals surface area contributed by atoms with E-state index in [-0.39, 0.29) is 37.3 Å². The maximum atomic E-state index is 12.5. The Labute approximate surface area is 209 Å². The van der Waals surface area contributed by atoms with E-state index in [1.165, 1.54) is 12.4 Å². The Morgan fingerprint density at radius 2 is 2.00 bits per heavy atom. The molecule has 2 atom stereocenters. The molecule has 3 rings (SSSR count). The Hall–Kier alpha value is -3.02. The van der Waals surface area contributed by atoms with Crippen LogP contribution in [-0.4, -0.2) is 64.6 Å². The number of carboxylic acid groups (broad SMARTS) is 1. The molecule has 34 heavy (non-hydrogen) atoms. The molecule has 10 nitrogen and oxygen atoms in total. The summed E-state index contributed by atoms with van der Waals surface area (Å²) >= 11 is 9.39. The number of rotatable bonds is 9. The minimum absolute atomic E-state index is 0.0729. The van der Waals surface area contributed by atoms with Gasteiger partial charge in [-0.1, -0.05) is 27.5 Å². The first kappa shape index (κ1) is 25.6. The van der Waals surface area contributed by atoms with Crippen molar-refractivity contribution >= 4 is 56.8 Å². The topological polar surface area (TPSA) is 153 Å². The number of anilines is 1. The van der Waals surface area contributed by atoms with E-state index in [4.69, 9.17) is 11.6 Å². The predicted molar refractivity (Wildman–Crippen MR) is 130 cm³/mol. The molecule has 0 fully saturated rings. The number of ketones is 1. The molecule has 0 bridgehead atoms. The lowest BCUT2D eigenvalue weighted by atomic mass is 9.90. The van der Waals surface area contributed by atoms with Gasteiger partial charge in [-0.2, -0.15) is 0 Å². The Morgan fingerprint density at radius 1 is 1.21 bits per heavy atom. The van der Waals surface area contributed by atoms with E-state index in [1.54, 1.807) is 24.3 Å². The van der Waals surface area contributed by atoms with Crippen molar-refractivity contribution in [1.29, 1.82) is 0 Å². The van der Waals surface area contributed by atoms with Crippen LogP contribution >= 0.6 is 27.5 Å². The van der Waals surface area contributed by atoms with Crippen LogP contribution in [-0.2, 0) is 9.59 Å². The largest absolute Gasteiger partial charge is 0.481 e. The number of nitrogens with one attached hydrogen (secondary N) is 3. The molecule has 0 saturated heterocycles. The molecule has 1 aromatic heterocycles. The second-order valence-corrected chi connectivity index (χ2v) is 9.09. The number of pyridine rings is 1. The molecule has 0 spiro atoms. The quantitative estimate of drug-likeness (QED) is 0.317. The molecule has 0 radical (unpaired) electrons. The Morgan fingerprint density at radius 3 is 2.68 bits per heavy atom. The van der Waals surface area contributed by atoms with Gasteiger partial charge in [-0.05, 0) is 29.8 Å². The van der Waals surface area contributed by atoms with Gasteiger partial charge in [0.1, 0.15) is 0 Å². The first-order valence-corrected chi connectivity index (χ1v) is 11.5. The minimum atomic E-state index is -1.04. The van der Waals surface area contributed by atoms with E-state index in [0.717, 1.165) is 0 Å². The van der Waals surface area contributed by atoms with E-state index < -0.39 is 23.9 Å². The molecule has 1 aromatic carbocycles. The van der Waals surface area contributed by atoms with E-state index >= 15 is 0 Å². The summed E-state index contributed by atoms with van der Waals surface area (Å²) in [6.45, 7) is 0.358. The molecule has 0 aliphatic carbocycles. The maximum absolute atomic E-state index is 12.5. The van der Waals surface area contributed by atoms with Crippen LogP contribution in [0.2, 0.25) is 5.02 Å². The van der Waals surface area contributed by atoms with Crippen molar-refractivity contribution in [3.63, 3.8) is 0 Å². The summed E-state index contributed by atoms with van der Waals surface area (Å²) in [5.74, 6) is -2.00. The van der Waals surface area contributed by atoms with Crippen LogP contribution in [0.15, 0.2) is 46.1 Å². The fraction of sp³-hybridized carbons (Fsp3) is 0.318. The molecule has 2 aromatic rings. The molecule has 180 valence electrons. The van der Waals surface area contributed by atoms with Gasteiger partial charge in [-0.15, -0.1) is 0 Å². The van der Waals surface area contributed by atoms with Gasteiger partial charge in [0.25, 0.3) is 5.91 Å². The number of guanidine groups is 1. The number of carbonyl (C=O) groups excluding carboxylic acids is 2. The predicted octanol–water partition coefficient (Wildman–Crippen LogP) is 2.18. The Bertz CT molecular complexity index is 1090. The monoisotopic (exact) mass is 551 g/mol. The van der Waals surface area contributed by atoms with Crippen molar-refractivity contribution in [2.75, 3.05) is 25.0 Å². The van der Waals surface area contributed by atoms with E-state index in [0.29, 0.717) is 33.3 Å². The van der Waals surface area contributed by atoms with Crippen molar-refractivity contribution in [3.8, 4) is 0 Å². The number of carbonyl (C=O) groups is 3. The highest BCUT2D eigenvalue weighted by Gasteiger charge is 2.21. The fourth-order valence-corrected chi connectivity index (χ4v) is 4.23. The number of benzene rings is 1. The highest BCUT2D eigenvalue weighted by atomic mass is 79.9. The first-order chi connectivity index (χ1) is 16.2. The summed E-state index contributed by atoms with van der Waals surface area (Å²) in [4.78, 5) is 44.6. The lowest BCUT2D eigenvalue weighted by Crippen LogP contribution is -2.42. The number of Topliss-reactive ketones (excluding diaryl/α,β-unsaturated/α-hetero) is 1. The number of aliphatic carboxylic acids is 1. The Balaban J connectivity index is 1.59. The molecule has 2 heterocycles. The lowest BCUT2D eigenvalue weighted by Gasteiger charge is -2.19. The second-order valence-electron chi connectivity index (χ2n) is 7.73. The molecule has 5 N–H and O–H groups in total. The third-order valence-electron chi connectivity index (χ3n) is 4.93. The number of halogens is 2. The van der Waals surface area contributed by atoms with Gasteiger partial charge in [-0.25, -0.2) is 0 Å². The van der Waals surface area contributed by atoms with Crippen molar-refractivity contribution in [3.05, 3.63) is 57.3 Å². The van der Waals surface area contributed by atoms with Crippen LogP contribution in [0.25, 0.3) is 0 Å². The molecule has 1 amide bonds. The number of nitrogens with zero attached hydrogens (tertiary/aromatic N) is 2. The summed E-state index contributed by atoms with van der Waals surface area (Å²) in [7, 11) is 0. The second kappa shape index (κ2) is 11.9. The van der Waals surface area contributed by atoms with E-state index in [2.05, 4.69) is 41.9 Å². The maximum Gasteiger partial charge on any atom is 0.303 e. The highest BCUT2D eigenvalue weighted by molar-refractivity contribution is 9.10. The standard InChI is InChI=1S/C22H23BrClN5O5/c23-15-1-12(2-16(24)6-15)13(5-20(32)33)4-18(30)9-26-21(34)14-3-17(8-25-7-14)29-22-27-10-19(31)11-28-22/h1-3,6-8,13,19,31H,4-5,9-11H2,(H,26,34)(H,32,33)(H2,27,28,29)/t13-/m0/s1. The highest BCUT2D eigenvalue weighted by Crippen LogP contribution is 2.29. The number of amides is 1. The average molecular weight is 553 g/mol. The zero-order valence-corrected chi connectivity index (χ0v) is 20.3. The number of aliphatic hydroxyl groups excluding tert-OH is 1. The number of β-amino-alcohol motifs (C(OH)–C–C–N with tert-alkyl or cyclic N) is 1. The summed E-state index contributed by atoms with van der Waals surface area (Å²) < 4.78 is 0.678. The third-order valence-corrected chi connectivity index (χ3v) is 5.60. The molecule has 12 heteroatoms. The smallest absolute Gasteiger partial charge is 0.303 e. The Kier molecular flexibility index (Phi) is 8.97. The normalized spacial score (nSPS) is 16.1. The van der Waals surface area contributed by atoms with Crippen molar-refractivity contribution in [2.24, 2.45) is 4.99 Å². The van der Waals surface area contributed by atoms with E-state index in [9.17, 15) is 24.6 Å². The molecular formula is C22H23BrClN5O5. The number of aliphatic hydroxyl groups is 1. The van der Waals surface area contributed by atoms with Crippen molar-refractivity contribution in [1.82, 2.24) is 15.6 Å². The minimum Gasteiger partial charge on any atom is -0.481 e. The fourth-order valence-electron chi connectivity index (χ4n) is 3.34. The summed E-state index contributed by atoms with van der Waals surface area (Å²) in [6.07, 6.45) is 2.00. The number of aromatic nitrogens is 1. The van der Waals surface area contributed by atoms with Crippen molar-refractivity contribution < 1.29 is 24.6 Å². The van der Waals surface area contributed by atoms with Gasteiger partial charge in [-0.3, -0.25) is 24.4 Å². The van der Waals surface area contributed by atoms with Gasteiger partial charge < -0.3 is 26.2 Å². The zero-order valence-electron chi connectivity index (χ0n) is 17.9. The lowest BCUT2D eigenvalue weighted by molar-refractivity contribution is -0.137. The van der Waals surface area contributed by atoms with Crippen LogP contribution in [0, 0.1) is 0 Å². The molecule has 0 saturated carbocycles. The number of aliphatic imine (C=N–C) groups is 1. The van der Waals surface area contributed by atoms with E-state index in [1.807, 2.05) is 0 Å². The summed E-state index contributed by atoms with van der Waals surface area (Å²) in [6, 6.07) is 6.57. The molecule has 1 unspecified atom stereocenters. The number of carboxylic acids is 1. The van der Waals surface area contributed by atoms with Crippen molar-refractivity contribution in [2.45, 2.75) is 24.9 Å². The van der Waals surface area contributed by atoms with Crippen LogP contribution in [0.5, 0.6) is 0 Å². The summed E-state index contributed by atoms with van der Waals surface area (Å²) in [5.41, 5.74) is 1.36. The molecule has 1 aliphatic heterocycles. The third kappa shape index (κ3) is 7.79. The van der Waals surface area contributed by atoms with Crippen LogP contribution < -0.4 is 16.0 Å². The van der Waals surface area contributed by atoms with Gasteiger partial charge in [0.15, 0.2) is 11.7 Å². The zero-order chi connectivity index (χ0) is 24.7. The SMILES string of the molecule is O=C(O)C[C@H](CC(=O)CNC(=O)c1cncc(NC2=NCC(O)CN2)c1)c1cc(Cl)cc(Br)c1.